The number of fused-ring (bicyclic) bond motifs is 1. The minimum atomic E-state index is -1.04. The average molecular weight is 574 g/mol. The topological polar surface area (TPSA) is 60.7 Å². The standard InChI is InChI=1S/C34H30F3NO4/c1-34(2,20-41-3)32-25(17-21-9-11-23(12-10-21)33(39)40)30-29(38(32)24-13-14-26(35)28(37)18-24)16-15-27(36)31(30)42-19-22-7-5-4-6-8-22/h4-16,18H,17,19-20H2,1-3H3,(H,39,40). The summed E-state index contributed by atoms with van der Waals surface area (Å²) in [5.74, 6) is -3.58. The van der Waals surface area contributed by atoms with Gasteiger partial charge in [-0.1, -0.05) is 56.3 Å². The molecule has 0 aliphatic carbocycles. The minimum absolute atomic E-state index is 0.0318. The van der Waals surface area contributed by atoms with Crippen molar-refractivity contribution in [3.63, 3.8) is 0 Å². The van der Waals surface area contributed by atoms with Gasteiger partial charge in [-0.15, -0.1) is 0 Å². The van der Waals surface area contributed by atoms with Crippen molar-refractivity contribution in [2.75, 3.05) is 13.7 Å². The van der Waals surface area contributed by atoms with Crippen LogP contribution in [0.3, 0.4) is 0 Å². The molecule has 0 aliphatic heterocycles. The molecule has 0 aliphatic rings. The van der Waals surface area contributed by atoms with E-state index in [9.17, 15) is 18.7 Å². The summed E-state index contributed by atoms with van der Waals surface area (Å²) in [7, 11) is 1.57. The number of aromatic carboxylic acids is 1. The molecule has 0 unspecified atom stereocenters. The molecule has 1 heterocycles. The third kappa shape index (κ3) is 5.63. The highest BCUT2D eigenvalue weighted by Gasteiger charge is 2.33. The van der Waals surface area contributed by atoms with E-state index in [1.807, 2.05) is 44.2 Å². The molecular weight excluding hydrogens is 543 g/mol. The van der Waals surface area contributed by atoms with Crippen LogP contribution in [-0.2, 0) is 23.2 Å². The lowest BCUT2D eigenvalue weighted by Gasteiger charge is -2.28. The maximum Gasteiger partial charge on any atom is 0.335 e. The SMILES string of the molecule is COCC(C)(C)c1c(Cc2ccc(C(=O)O)cc2)c2c(OCc3ccccc3)c(F)ccc2n1-c1ccc(F)c(F)c1. The van der Waals surface area contributed by atoms with Gasteiger partial charge in [0.25, 0.3) is 0 Å². The second-order valence-corrected chi connectivity index (χ2v) is 10.8. The lowest BCUT2D eigenvalue weighted by atomic mass is 9.85. The Labute approximate surface area is 241 Å². The highest BCUT2D eigenvalue weighted by atomic mass is 19.2. The summed E-state index contributed by atoms with van der Waals surface area (Å²) in [6.07, 6.45) is 0.278. The summed E-state index contributed by atoms with van der Waals surface area (Å²) in [5.41, 5.74) is 3.36. The van der Waals surface area contributed by atoms with E-state index in [1.54, 1.807) is 29.9 Å². The third-order valence-corrected chi connectivity index (χ3v) is 7.26. The normalized spacial score (nSPS) is 11.7. The molecule has 5 nitrogen and oxygen atoms in total. The van der Waals surface area contributed by atoms with Gasteiger partial charge in [-0.3, -0.25) is 0 Å². The van der Waals surface area contributed by atoms with E-state index in [4.69, 9.17) is 9.47 Å². The molecule has 8 heteroatoms. The number of ether oxygens (including phenoxy) is 2. The van der Waals surface area contributed by atoms with E-state index in [0.717, 1.165) is 23.3 Å². The number of hydrogen-bond acceptors (Lipinski definition) is 3. The minimum Gasteiger partial charge on any atom is -0.485 e. The van der Waals surface area contributed by atoms with Crippen LogP contribution in [0.15, 0.2) is 84.9 Å². The summed E-state index contributed by atoms with van der Waals surface area (Å²) in [6, 6.07) is 22.4. The predicted molar refractivity (Wildman–Crippen MR) is 155 cm³/mol. The second kappa shape index (κ2) is 11.7. The van der Waals surface area contributed by atoms with Crippen LogP contribution in [0.2, 0.25) is 0 Å². The molecule has 216 valence electrons. The molecule has 4 aromatic carbocycles. The van der Waals surface area contributed by atoms with Crippen molar-refractivity contribution in [2.45, 2.75) is 32.3 Å². The Hall–Kier alpha value is -4.56. The van der Waals surface area contributed by atoms with E-state index < -0.39 is 28.8 Å². The number of benzene rings is 4. The smallest absolute Gasteiger partial charge is 0.335 e. The third-order valence-electron chi connectivity index (χ3n) is 7.26. The van der Waals surface area contributed by atoms with Gasteiger partial charge in [0.15, 0.2) is 23.2 Å². The Kier molecular flexibility index (Phi) is 8.09. The molecule has 0 fully saturated rings. The predicted octanol–water partition coefficient (Wildman–Crippen LogP) is 7.84. The van der Waals surface area contributed by atoms with Crippen molar-refractivity contribution in [1.82, 2.24) is 4.57 Å². The molecule has 0 radical (unpaired) electrons. The van der Waals surface area contributed by atoms with E-state index >= 15 is 4.39 Å². The first-order valence-electron chi connectivity index (χ1n) is 13.4. The van der Waals surface area contributed by atoms with Gasteiger partial charge < -0.3 is 19.1 Å². The molecule has 42 heavy (non-hydrogen) atoms. The van der Waals surface area contributed by atoms with Crippen molar-refractivity contribution >= 4 is 16.9 Å². The number of rotatable bonds is 10. The zero-order valence-corrected chi connectivity index (χ0v) is 23.5. The summed E-state index contributed by atoms with van der Waals surface area (Å²) in [4.78, 5) is 11.5. The molecule has 1 N–H and O–H groups in total. The largest absolute Gasteiger partial charge is 0.485 e. The lowest BCUT2D eigenvalue weighted by molar-refractivity contribution is 0.0697. The summed E-state index contributed by atoms with van der Waals surface area (Å²) in [5, 5.41) is 9.86. The zero-order chi connectivity index (χ0) is 30.0. The molecule has 1 aromatic heterocycles. The van der Waals surface area contributed by atoms with E-state index in [1.165, 1.54) is 24.3 Å². The molecule has 0 saturated heterocycles. The van der Waals surface area contributed by atoms with Crippen molar-refractivity contribution in [3.8, 4) is 11.4 Å². The molecule has 5 aromatic rings. The molecule has 0 spiro atoms. The first kappa shape index (κ1) is 29.0. The van der Waals surface area contributed by atoms with Crippen LogP contribution in [0.25, 0.3) is 16.6 Å². The van der Waals surface area contributed by atoms with Crippen LogP contribution in [0.1, 0.15) is 46.6 Å². The van der Waals surface area contributed by atoms with E-state index in [2.05, 4.69) is 0 Å². The van der Waals surface area contributed by atoms with Gasteiger partial charge in [-0.05, 0) is 53.1 Å². The van der Waals surface area contributed by atoms with Gasteiger partial charge >= 0.3 is 5.97 Å². The van der Waals surface area contributed by atoms with Gasteiger partial charge in [-0.2, -0.15) is 0 Å². The Bertz CT molecular complexity index is 1750. The fourth-order valence-electron chi connectivity index (χ4n) is 5.44. The van der Waals surface area contributed by atoms with Crippen molar-refractivity contribution in [1.29, 1.82) is 0 Å². The van der Waals surface area contributed by atoms with Crippen molar-refractivity contribution in [3.05, 3.63) is 130 Å². The highest BCUT2D eigenvalue weighted by Crippen LogP contribution is 2.43. The number of methoxy groups -OCH3 is 1. The quantitative estimate of drug-likeness (QED) is 0.185. The van der Waals surface area contributed by atoms with Gasteiger partial charge in [0.2, 0.25) is 0 Å². The van der Waals surface area contributed by atoms with Crippen LogP contribution in [0, 0.1) is 17.5 Å². The molecule has 0 atom stereocenters. The number of halogens is 3. The van der Waals surface area contributed by atoms with E-state index in [0.29, 0.717) is 27.8 Å². The number of aromatic nitrogens is 1. The van der Waals surface area contributed by atoms with Crippen LogP contribution >= 0.6 is 0 Å². The van der Waals surface area contributed by atoms with Crippen molar-refractivity contribution in [2.24, 2.45) is 0 Å². The average Bonchev–Trinajstić information content (AvgIpc) is 3.29. The van der Waals surface area contributed by atoms with Crippen LogP contribution in [0.5, 0.6) is 5.75 Å². The fourth-order valence-corrected chi connectivity index (χ4v) is 5.44. The van der Waals surface area contributed by atoms with Crippen LogP contribution < -0.4 is 4.74 Å². The van der Waals surface area contributed by atoms with E-state index in [-0.39, 0.29) is 30.9 Å². The summed E-state index contributed by atoms with van der Waals surface area (Å²) >= 11 is 0. The number of hydrogen-bond donors (Lipinski definition) is 1. The Morgan fingerprint density at radius 1 is 0.857 bits per heavy atom. The van der Waals surface area contributed by atoms with Gasteiger partial charge in [0.1, 0.15) is 6.61 Å². The summed E-state index contributed by atoms with van der Waals surface area (Å²) < 4.78 is 57.8. The lowest BCUT2D eigenvalue weighted by Crippen LogP contribution is -2.28. The van der Waals surface area contributed by atoms with Gasteiger partial charge in [0, 0.05) is 41.8 Å². The number of carbonyl (C=O) groups is 1. The molecule has 5 rings (SSSR count). The monoisotopic (exact) mass is 573 g/mol. The molecular formula is C34H30F3NO4. The van der Waals surface area contributed by atoms with Gasteiger partial charge in [0.05, 0.1) is 17.7 Å². The molecule has 0 bridgehead atoms. The Balaban J connectivity index is 1.81. The van der Waals surface area contributed by atoms with Crippen LogP contribution in [0.4, 0.5) is 13.2 Å². The van der Waals surface area contributed by atoms with Crippen molar-refractivity contribution < 1.29 is 32.5 Å². The number of nitrogens with zero attached hydrogens (tertiary/aromatic N) is 1. The number of carboxylic acids is 1. The van der Waals surface area contributed by atoms with Crippen LogP contribution in [-0.4, -0.2) is 29.4 Å². The van der Waals surface area contributed by atoms with Gasteiger partial charge in [-0.25, -0.2) is 18.0 Å². The zero-order valence-electron chi connectivity index (χ0n) is 23.5. The Morgan fingerprint density at radius 3 is 2.19 bits per heavy atom. The fraction of sp³-hybridized carbons (Fsp3) is 0.206. The second-order valence-electron chi connectivity index (χ2n) is 10.8. The maximum atomic E-state index is 15.7. The first-order chi connectivity index (χ1) is 20.1. The Morgan fingerprint density at radius 2 is 1.55 bits per heavy atom. The first-order valence-corrected chi connectivity index (χ1v) is 13.4. The highest BCUT2D eigenvalue weighted by molar-refractivity contribution is 5.94. The molecule has 0 saturated carbocycles. The maximum absolute atomic E-state index is 15.7. The number of carboxylic acid groups (broad SMARTS) is 1. The molecule has 0 amide bonds. The summed E-state index contributed by atoms with van der Waals surface area (Å²) in [6.45, 7) is 4.29.